The predicted octanol–water partition coefficient (Wildman–Crippen LogP) is 1.20. The molecule has 3 rings (SSSR count). The number of hydrogen-bond acceptors (Lipinski definition) is 6. The van der Waals surface area contributed by atoms with Crippen molar-refractivity contribution in [1.29, 1.82) is 0 Å². The van der Waals surface area contributed by atoms with Crippen LogP contribution < -0.4 is 16.2 Å². The molecular weight excluding hydrogens is 410 g/mol. The number of amides is 2. The lowest BCUT2D eigenvalue weighted by Crippen LogP contribution is -2.49. The number of carbonyl (C=O) groups is 2. The van der Waals surface area contributed by atoms with Crippen LogP contribution >= 0.6 is 0 Å². The largest absolute Gasteiger partial charge is 0.388 e. The normalized spacial score (nSPS) is 17.6. The van der Waals surface area contributed by atoms with E-state index in [-0.39, 0.29) is 23.9 Å². The molecule has 1 aliphatic carbocycles. The van der Waals surface area contributed by atoms with E-state index >= 15 is 0 Å². The molecule has 1 fully saturated rings. The SMILES string of the molecule is CC(=O)NCCNc1cc(=O)n(CC2(O)CCN(C(=O)CCC3=CCCC=C3)CC2)cn1. The molecule has 0 aromatic carbocycles. The van der Waals surface area contributed by atoms with E-state index in [1.807, 2.05) is 4.90 Å². The van der Waals surface area contributed by atoms with Gasteiger partial charge in [0.05, 0.1) is 18.5 Å². The number of anilines is 1. The molecule has 0 unspecified atom stereocenters. The van der Waals surface area contributed by atoms with E-state index < -0.39 is 5.60 Å². The van der Waals surface area contributed by atoms with Gasteiger partial charge in [0.25, 0.3) is 5.56 Å². The fourth-order valence-corrected chi connectivity index (χ4v) is 3.98. The highest BCUT2D eigenvalue weighted by Gasteiger charge is 2.34. The summed E-state index contributed by atoms with van der Waals surface area (Å²) in [6.45, 7) is 3.44. The first-order chi connectivity index (χ1) is 15.3. The number of carbonyl (C=O) groups excluding carboxylic acids is 2. The number of likely N-dealkylation sites (tertiary alicyclic amines) is 1. The van der Waals surface area contributed by atoms with Gasteiger partial charge in [-0.05, 0) is 32.1 Å². The first kappa shape index (κ1) is 23.7. The molecule has 1 saturated heterocycles. The van der Waals surface area contributed by atoms with Crippen molar-refractivity contribution in [2.75, 3.05) is 31.5 Å². The van der Waals surface area contributed by atoms with Crippen LogP contribution in [0.25, 0.3) is 0 Å². The molecule has 0 radical (unpaired) electrons. The lowest BCUT2D eigenvalue weighted by atomic mass is 9.91. The summed E-state index contributed by atoms with van der Waals surface area (Å²) < 4.78 is 1.40. The molecule has 1 aliphatic heterocycles. The molecule has 0 spiro atoms. The van der Waals surface area contributed by atoms with Crippen LogP contribution in [-0.2, 0) is 16.1 Å². The summed E-state index contributed by atoms with van der Waals surface area (Å²) in [6.07, 6.45) is 12.0. The summed E-state index contributed by atoms with van der Waals surface area (Å²) >= 11 is 0. The quantitative estimate of drug-likeness (QED) is 0.494. The zero-order chi connectivity index (χ0) is 23.0. The van der Waals surface area contributed by atoms with Crippen molar-refractivity contribution in [1.82, 2.24) is 19.8 Å². The van der Waals surface area contributed by atoms with Gasteiger partial charge in [-0.1, -0.05) is 23.8 Å². The molecule has 9 heteroatoms. The number of rotatable bonds is 9. The number of nitrogens with one attached hydrogen (secondary N) is 2. The number of allylic oxidation sites excluding steroid dienone is 4. The minimum Gasteiger partial charge on any atom is -0.388 e. The second kappa shape index (κ2) is 11.1. The van der Waals surface area contributed by atoms with Gasteiger partial charge >= 0.3 is 0 Å². The molecule has 174 valence electrons. The minimum absolute atomic E-state index is 0.112. The summed E-state index contributed by atoms with van der Waals surface area (Å²) in [4.78, 5) is 41.9. The van der Waals surface area contributed by atoms with Crippen molar-refractivity contribution >= 4 is 17.6 Å². The van der Waals surface area contributed by atoms with Gasteiger partial charge in [-0.3, -0.25) is 19.0 Å². The first-order valence-electron chi connectivity index (χ1n) is 11.3. The molecular formula is C23H33N5O4. The maximum absolute atomic E-state index is 12.5. The highest BCUT2D eigenvalue weighted by molar-refractivity contribution is 5.76. The summed E-state index contributed by atoms with van der Waals surface area (Å²) in [5, 5.41) is 16.6. The number of aliphatic hydroxyl groups is 1. The number of hydrogen-bond donors (Lipinski definition) is 3. The van der Waals surface area contributed by atoms with E-state index in [1.165, 1.54) is 29.5 Å². The molecule has 1 aromatic rings. The number of piperidine rings is 1. The van der Waals surface area contributed by atoms with Gasteiger partial charge in [0.15, 0.2) is 0 Å². The van der Waals surface area contributed by atoms with E-state index in [2.05, 4.69) is 33.8 Å². The summed E-state index contributed by atoms with van der Waals surface area (Å²) in [6, 6.07) is 1.38. The predicted molar refractivity (Wildman–Crippen MR) is 122 cm³/mol. The molecule has 0 bridgehead atoms. The summed E-state index contributed by atoms with van der Waals surface area (Å²) in [5.74, 6) is 0.419. The van der Waals surface area contributed by atoms with Crippen LogP contribution in [0, 0.1) is 0 Å². The topological polar surface area (TPSA) is 117 Å². The number of nitrogens with zero attached hydrogens (tertiary/aromatic N) is 3. The fraction of sp³-hybridized carbons (Fsp3) is 0.565. The Bertz CT molecular complexity index is 929. The van der Waals surface area contributed by atoms with Gasteiger partial charge in [-0.15, -0.1) is 0 Å². The number of aromatic nitrogens is 2. The molecule has 3 N–H and O–H groups in total. The lowest BCUT2D eigenvalue weighted by molar-refractivity contribution is -0.135. The van der Waals surface area contributed by atoms with Crippen LogP contribution in [0.2, 0.25) is 0 Å². The zero-order valence-electron chi connectivity index (χ0n) is 18.7. The molecule has 2 aliphatic rings. The minimum atomic E-state index is -1.04. The molecule has 2 heterocycles. The van der Waals surface area contributed by atoms with Crippen LogP contribution in [0.5, 0.6) is 0 Å². The Balaban J connectivity index is 1.46. The van der Waals surface area contributed by atoms with Crippen LogP contribution in [0.1, 0.15) is 45.4 Å². The van der Waals surface area contributed by atoms with Crippen molar-refractivity contribution in [3.8, 4) is 0 Å². The second-order valence-electron chi connectivity index (χ2n) is 8.51. The molecule has 32 heavy (non-hydrogen) atoms. The Morgan fingerprint density at radius 2 is 2.00 bits per heavy atom. The van der Waals surface area contributed by atoms with Crippen LogP contribution in [0.15, 0.2) is 41.0 Å². The monoisotopic (exact) mass is 443 g/mol. The lowest BCUT2D eigenvalue weighted by Gasteiger charge is -2.38. The van der Waals surface area contributed by atoms with Gasteiger partial charge < -0.3 is 20.6 Å². The van der Waals surface area contributed by atoms with Crippen molar-refractivity contribution in [3.63, 3.8) is 0 Å². The Labute approximate surface area is 188 Å². The maximum atomic E-state index is 12.5. The molecule has 0 saturated carbocycles. The standard InChI is InChI=1S/C23H33N5O4/c1-18(29)24-11-12-25-20-15-22(31)28(17-26-20)16-23(32)9-13-27(14-10-23)21(30)8-7-19-5-3-2-4-6-19/h3,5-6,15,17,25,32H,2,4,7-14,16H2,1H3,(H,24,29). The highest BCUT2D eigenvalue weighted by Crippen LogP contribution is 2.25. The Morgan fingerprint density at radius 3 is 2.66 bits per heavy atom. The molecule has 9 nitrogen and oxygen atoms in total. The van der Waals surface area contributed by atoms with E-state index in [1.54, 1.807) is 0 Å². The van der Waals surface area contributed by atoms with Gasteiger partial charge in [-0.2, -0.15) is 0 Å². The highest BCUT2D eigenvalue weighted by atomic mass is 16.3. The first-order valence-corrected chi connectivity index (χ1v) is 11.3. The van der Waals surface area contributed by atoms with Crippen molar-refractivity contribution < 1.29 is 14.7 Å². The third-order valence-electron chi connectivity index (χ3n) is 5.90. The van der Waals surface area contributed by atoms with Crippen molar-refractivity contribution in [2.45, 2.75) is 57.6 Å². The Morgan fingerprint density at radius 1 is 1.22 bits per heavy atom. The molecule has 0 atom stereocenters. The Hall–Kier alpha value is -2.94. The molecule has 2 amide bonds. The average molecular weight is 444 g/mol. The third-order valence-corrected chi connectivity index (χ3v) is 5.90. The van der Waals surface area contributed by atoms with Gasteiger partial charge in [0, 0.05) is 45.6 Å². The van der Waals surface area contributed by atoms with E-state index in [4.69, 9.17) is 0 Å². The Kier molecular flexibility index (Phi) is 8.21. The van der Waals surface area contributed by atoms with Crippen LogP contribution in [-0.4, -0.2) is 63.2 Å². The van der Waals surface area contributed by atoms with Gasteiger partial charge in [-0.25, -0.2) is 4.98 Å². The maximum Gasteiger partial charge on any atom is 0.255 e. The van der Waals surface area contributed by atoms with E-state index in [0.29, 0.717) is 51.3 Å². The van der Waals surface area contributed by atoms with E-state index in [9.17, 15) is 19.5 Å². The van der Waals surface area contributed by atoms with Gasteiger partial charge in [0.1, 0.15) is 5.82 Å². The smallest absolute Gasteiger partial charge is 0.255 e. The van der Waals surface area contributed by atoms with E-state index in [0.717, 1.165) is 19.3 Å². The van der Waals surface area contributed by atoms with Crippen LogP contribution in [0.4, 0.5) is 5.82 Å². The van der Waals surface area contributed by atoms with Crippen molar-refractivity contribution in [3.05, 3.63) is 46.5 Å². The average Bonchev–Trinajstić information content (AvgIpc) is 2.78. The molecule has 1 aromatic heterocycles. The summed E-state index contributed by atoms with van der Waals surface area (Å²) in [5.41, 5.74) is -0.0853. The van der Waals surface area contributed by atoms with Crippen molar-refractivity contribution in [2.24, 2.45) is 0 Å². The summed E-state index contributed by atoms with van der Waals surface area (Å²) in [7, 11) is 0. The van der Waals surface area contributed by atoms with Gasteiger partial charge in [0.2, 0.25) is 11.8 Å². The fourth-order valence-electron chi connectivity index (χ4n) is 3.98. The third kappa shape index (κ3) is 7.05. The second-order valence-corrected chi connectivity index (χ2v) is 8.51. The zero-order valence-corrected chi connectivity index (χ0v) is 18.7. The van der Waals surface area contributed by atoms with Crippen LogP contribution in [0.3, 0.4) is 0 Å².